The Bertz CT molecular complexity index is 67.4. The summed E-state index contributed by atoms with van der Waals surface area (Å²) in [4.78, 5) is 0. The van der Waals surface area contributed by atoms with E-state index in [2.05, 4.69) is 0 Å². The molecule has 0 aromatic carbocycles. The summed E-state index contributed by atoms with van der Waals surface area (Å²) in [7, 11) is -0.611. The Labute approximate surface area is 64.9 Å². The van der Waals surface area contributed by atoms with Crippen LogP contribution in [-0.4, -0.2) is 41.6 Å². The maximum absolute atomic E-state index is 9.56. The van der Waals surface area contributed by atoms with Crippen LogP contribution >= 0.6 is 0 Å². The van der Waals surface area contributed by atoms with Gasteiger partial charge in [0.2, 0.25) is 0 Å². The van der Waals surface area contributed by atoms with E-state index < -0.39 is 10.8 Å². The van der Waals surface area contributed by atoms with Gasteiger partial charge in [-0.25, -0.2) is 0 Å². The van der Waals surface area contributed by atoms with Gasteiger partial charge in [0.05, 0.1) is 13.2 Å². The minimum atomic E-state index is -0.611. The van der Waals surface area contributed by atoms with Crippen molar-refractivity contribution in [3.05, 3.63) is 0 Å². The van der Waals surface area contributed by atoms with Crippen LogP contribution in [0.1, 0.15) is 6.92 Å². The zero-order valence-electron chi connectivity index (χ0n) is 6.79. The third-order valence-electron chi connectivity index (χ3n) is 0.440. The first-order valence-electron chi connectivity index (χ1n) is 3.08. The third kappa shape index (κ3) is 42.8. The van der Waals surface area contributed by atoms with E-state index in [-0.39, 0.29) is 6.61 Å². The van der Waals surface area contributed by atoms with E-state index in [0.717, 1.165) is 0 Å². The summed E-state index contributed by atoms with van der Waals surface area (Å²) in [5.41, 5.74) is 0. The summed E-state index contributed by atoms with van der Waals surface area (Å²) >= 11 is 0. The van der Waals surface area contributed by atoms with Gasteiger partial charge in [-0.1, -0.05) is 0 Å². The van der Waals surface area contributed by atoms with Crippen molar-refractivity contribution >= 4 is 10.8 Å². The molecule has 0 aliphatic heterocycles. The van der Waals surface area contributed by atoms with Crippen molar-refractivity contribution < 1.29 is 14.1 Å². The maximum Gasteiger partial charge on any atom is 0.0697 e. The van der Waals surface area contributed by atoms with E-state index in [4.69, 9.17) is 9.84 Å². The van der Waals surface area contributed by atoms with Gasteiger partial charge in [0.1, 0.15) is 0 Å². The van der Waals surface area contributed by atoms with E-state index in [1.807, 2.05) is 6.92 Å². The molecule has 0 bridgehead atoms. The molecule has 64 valence electrons. The van der Waals surface area contributed by atoms with Crippen LogP contribution in [0.2, 0.25) is 0 Å². The predicted octanol–water partition coefficient (Wildman–Crippen LogP) is 0.00990. The first-order valence-corrected chi connectivity index (χ1v) is 5.05. The number of hydrogen-bond acceptors (Lipinski definition) is 3. The minimum absolute atomic E-state index is 0.133. The van der Waals surface area contributed by atoms with E-state index >= 15 is 0 Å². The lowest BCUT2D eigenvalue weighted by atomic mass is 10.8. The van der Waals surface area contributed by atoms with Crippen molar-refractivity contribution in [2.24, 2.45) is 0 Å². The molecule has 0 saturated carbocycles. The van der Waals surface area contributed by atoms with Crippen molar-refractivity contribution in [2.45, 2.75) is 6.92 Å². The molecular weight excluding hydrogens is 152 g/mol. The Morgan fingerprint density at radius 3 is 2.00 bits per heavy atom. The van der Waals surface area contributed by atoms with E-state index in [9.17, 15) is 4.21 Å². The fraction of sp³-hybridized carbons (Fsp3) is 1.00. The van der Waals surface area contributed by atoms with Crippen LogP contribution in [0, 0.1) is 0 Å². The number of aliphatic hydroxyl groups excluding tert-OH is 1. The van der Waals surface area contributed by atoms with Crippen LogP contribution in [0.25, 0.3) is 0 Å². The zero-order chi connectivity index (χ0) is 8.41. The van der Waals surface area contributed by atoms with Crippen LogP contribution in [-0.2, 0) is 15.5 Å². The van der Waals surface area contributed by atoms with E-state index in [1.54, 1.807) is 12.5 Å². The molecule has 4 heteroatoms. The zero-order valence-corrected chi connectivity index (χ0v) is 7.61. The molecule has 0 saturated heterocycles. The largest absolute Gasteiger partial charge is 0.394 e. The second kappa shape index (κ2) is 11.8. The summed E-state index contributed by atoms with van der Waals surface area (Å²) in [6, 6.07) is 0. The molecule has 0 atom stereocenters. The van der Waals surface area contributed by atoms with E-state index in [0.29, 0.717) is 13.2 Å². The lowest BCUT2D eigenvalue weighted by Crippen LogP contribution is -1.96. The molecule has 0 amide bonds. The Balaban J connectivity index is 0. The molecule has 0 rings (SSSR count). The standard InChI is InChI=1S/C4H10O2.C2H6OS/c1-2-6-4-3-5;1-4(2)3/h5H,2-4H2,1H3;1-2H3. The lowest BCUT2D eigenvalue weighted by Gasteiger charge is -1.91. The van der Waals surface area contributed by atoms with Gasteiger partial charge in [0, 0.05) is 29.9 Å². The summed E-state index contributed by atoms with van der Waals surface area (Å²) in [6.45, 7) is 3.20. The number of aliphatic hydroxyl groups is 1. The molecule has 0 radical (unpaired) electrons. The Morgan fingerprint density at radius 1 is 1.50 bits per heavy atom. The van der Waals surface area contributed by atoms with Crippen molar-refractivity contribution in [3.8, 4) is 0 Å². The number of ether oxygens (including phenoxy) is 1. The van der Waals surface area contributed by atoms with Gasteiger partial charge < -0.3 is 9.84 Å². The molecular formula is C6H16O3S. The highest BCUT2D eigenvalue weighted by molar-refractivity contribution is 7.83. The topological polar surface area (TPSA) is 46.5 Å². The van der Waals surface area contributed by atoms with Gasteiger partial charge in [-0.3, -0.25) is 4.21 Å². The van der Waals surface area contributed by atoms with Crippen molar-refractivity contribution in [2.75, 3.05) is 32.3 Å². The van der Waals surface area contributed by atoms with Gasteiger partial charge in [0.25, 0.3) is 0 Å². The molecule has 0 unspecified atom stereocenters. The lowest BCUT2D eigenvalue weighted by molar-refractivity contribution is 0.102. The molecule has 0 aromatic rings. The molecule has 1 N–H and O–H groups in total. The summed E-state index contributed by atoms with van der Waals surface area (Å²) in [5, 5.41) is 8.07. The van der Waals surface area contributed by atoms with E-state index in [1.165, 1.54) is 0 Å². The van der Waals surface area contributed by atoms with Crippen molar-refractivity contribution in [1.82, 2.24) is 0 Å². The maximum atomic E-state index is 9.56. The second-order valence-corrected chi connectivity index (χ2v) is 3.15. The highest BCUT2D eigenvalue weighted by Crippen LogP contribution is 1.66. The van der Waals surface area contributed by atoms with Crippen LogP contribution in [0.4, 0.5) is 0 Å². The molecule has 10 heavy (non-hydrogen) atoms. The minimum Gasteiger partial charge on any atom is -0.394 e. The van der Waals surface area contributed by atoms with Crippen LogP contribution in [0.3, 0.4) is 0 Å². The van der Waals surface area contributed by atoms with Gasteiger partial charge in [-0.05, 0) is 6.92 Å². The Kier molecular flexibility index (Phi) is 15.0. The Hall–Kier alpha value is 0.0700. The van der Waals surface area contributed by atoms with Gasteiger partial charge >= 0.3 is 0 Å². The highest BCUT2D eigenvalue weighted by Gasteiger charge is 1.73. The first-order chi connectivity index (χ1) is 4.65. The number of hydrogen-bond donors (Lipinski definition) is 1. The fourth-order valence-electron chi connectivity index (χ4n) is 0.209. The van der Waals surface area contributed by atoms with Gasteiger partial charge in [-0.15, -0.1) is 0 Å². The molecule has 0 fully saturated rings. The van der Waals surface area contributed by atoms with Gasteiger partial charge in [-0.2, -0.15) is 0 Å². The van der Waals surface area contributed by atoms with Crippen LogP contribution in [0.15, 0.2) is 0 Å². The summed E-state index contributed by atoms with van der Waals surface area (Å²) in [5.74, 6) is 0. The van der Waals surface area contributed by atoms with Crippen LogP contribution in [0.5, 0.6) is 0 Å². The SMILES string of the molecule is CCOCCO.CS(C)=O. The normalized spacial score (nSPS) is 8.90. The molecule has 0 aromatic heterocycles. The molecule has 0 heterocycles. The third-order valence-corrected chi connectivity index (χ3v) is 0.440. The fourth-order valence-corrected chi connectivity index (χ4v) is 0.209. The summed E-state index contributed by atoms with van der Waals surface area (Å²) in [6.07, 6.45) is 3.28. The predicted molar refractivity (Wildman–Crippen MR) is 43.6 cm³/mol. The first kappa shape index (κ1) is 12.7. The van der Waals surface area contributed by atoms with Crippen LogP contribution < -0.4 is 0 Å². The number of rotatable bonds is 3. The smallest absolute Gasteiger partial charge is 0.0697 e. The summed E-state index contributed by atoms with van der Waals surface area (Å²) < 4.78 is 14.3. The highest BCUT2D eigenvalue weighted by atomic mass is 32.2. The molecule has 0 aliphatic carbocycles. The van der Waals surface area contributed by atoms with Gasteiger partial charge in [0.15, 0.2) is 0 Å². The Morgan fingerprint density at radius 2 is 1.90 bits per heavy atom. The monoisotopic (exact) mass is 168 g/mol. The van der Waals surface area contributed by atoms with Crippen molar-refractivity contribution in [1.29, 1.82) is 0 Å². The molecule has 3 nitrogen and oxygen atoms in total. The average Bonchev–Trinajstić information content (AvgIpc) is 1.82. The molecule has 0 aliphatic rings. The molecule has 0 spiro atoms. The average molecular weight is 168 g/mol. The second-order valence-electron chi connectivity index (χ2n) is 1.66. The quantitative estimate of drug-likeness (QED) is 0.604. The van der Waals surface area contributed by atoms with Crippen molar-refractivity contribution in [3.63, 3.8) is 0 Å².